The summed E-state index contributed by atoms with van der Waals surface area (Å²) in [5, 5.41) is 14.2. The van der Waals surface area contributed by atoms with E-state index in [2.05, 4.69) is 22.0 Å². The molecule has 0 aliphatic carbocycles. The summed E-state index contributed by atoms with van der Waals surface area (Å²) in [5.74, 6) is -4.84. The Labute approximate surface area is 221 Å². The minimum absolute atomic E-state index is 0.274. The number of nitrogens with zero attached hydrogens (tertiary/aromatic N) is 2. The average molecular weight is 575 g/mol. The SMILES string of the molecule is O=C(O)C(F)(F)F.O=C(O)C(F)(F)F.c1ccc(CN2CC[C@H]3O[C@@H](COCC4CCOCC4)CC[C@H]32)nc1. The van der Waals surface area contributed by atoms with Gasteiger partial charge in [-0.25, -0.2) is 9.59 Å². The van der Waals surface area contributed by atoms with Gasteiger partial charge in [0, 0.05) is 45.1 Å². The molecule has 3 saturated heterocycles. The number of carbonyl (C=O) groups is 2. The highest BCUT2D eigenvalue weighted by Crippen LogP contribution is 2.32. The van der Waals surface area contributed by atoms with Crippen LogP contribution in [0.15, 0.2) is 24.4 Å². The molecule has 15 heteroatoms. The summed E-state index contributed by atoms with van der Waals surface area (Å²) in [6.45, 7) is 5.45. The fraction of sp³-hybridized carbons (Fsp3) is 0.708. The number of fused-ring (bicyclic) bond motifs is 1. The fourth-order valence-electron chi connectivity index (χ4n) is 4.38. The summed E-state index contributed by atoms with van der Waals surface area (Å²) in [5.41, 5.74) is 1.16. The molecule has 0 unspecified atom stereocenters. The monoisotopic (exact) mass is 574 g/mol. The minimum atomic E-state index is -5.08. The van der Waals surface area contributed by atoms with Gasteiger partial charge in [0.05, 0.1) is 24.5 Å². The molecule has 4 heterocycles. The molecule has 0 bridgehead atoms. The highest BCUT2D eigenvalue weighted by molar-refractivity contribution is 5.73. The van der Waals surface area contributed by atoms with Crippen LogP contribution in [-0.4, -0.2) is 95.6 Å². The number of ether oxygens (including phenoxy) is 3. The van der Waals surface area contributed by atoms with E-state index in [1.807, 2.05) is 12.3 Å². The van der Waals surface area contributed by atoms with Crippen molar-refractivity contribution in [3.63, 3.8) is 0 Å². The molecular formula is C24H32F6N2O7. The Kier molecular flexibility index (Phi) is 12.9. The van der Waals surface area contributed by atoms with Gasteiger partial charge in [-0.1, -0.05) is 6.07 Å². The van der Waals surface area contributed by atoms with Crippen LogP contribution >= 0.6 is 0 Å². The molecule has 0 radical (unpaired) electrons. The molecule has 0 spiro atoms. The molecule has 3 aliphatic heterocycles. The van der Waals surface area contributed by atoms with E-state index in [4.69, 9.17) is 34.0 Å². The number of aromatic nitrogens is 1. The van der Waals surface area contributed by atoms with Crippen molar-refractivity contribution >= 4 is 11.9 Å². The van der Waals surface area contributed by atoms with E-state index >= 15 is 0 Å². The maximum atomic E-state index is 10.6. The molecule has 1 aromatic rings. The average Bonchev–Trinajstić information content (AvgIpc) is 3.27. The Bertz CT molecular complexity index is 858. The van der Waals surface area contributed by atoms with Crippen LogP contribution in [0, 0.1) is 5.92 Å². The summed E-state index contributed by atoms with van der Waals surface area (Å²) in [7, 11) is 0. The number of rotatable bonds is 6. The van der Waals surface area contributed by atoms with Crippen molar-refractivity contribution in [3.05, 3.63) is 30.1 Å². The second-order valence-electron chi connectivity index (χ2n) is 9.22. The van der Waals surface area contributed by atoms with Crippen LogP contribution in [0.4, 0.5) is 26.3 Å². The lowest BCUT2D eigenvalue weighted by Gasteiger charge is -2.36. The van der Waals surface area contributed by atoms with Crippen LogP contribution in [0.25, 0.3) is 0 Å². The summed E-state index contributed by atoms with van der Waals surface area (Å²) in [6, 6.07) is 6.71. The van der Waals surface area contributed by atoms with E-state index in [1.54, 1.807) is 0 Å². The first-order valence-electron chi connectivity index (χ1n) is 12.3. The zero-order chi connectivity index (χ0) is 29.1. The van der Waals surface area contributed by atoms with Crippen molar-refractivity contribution in [2.45, 2.75) is 69.3 Å². The lowest BCUT2D eigenvalue weighted by atomic mass is 9.99. The predicted molar refractivity (Wildman–Crippen MR) is 123 cm³/mol. The molecule has 0 saturated carbocycles. The van der Waals surface area contributed by atoms with Gasteiger partial charge >= 0.3 is 24.3 Å². The van der Waals surface area contributed by atoms with Gasteiger partial charge in [-0.15, -0.1) is 0 Å². The molecule has 3 atom stereocenters. The molecular weight excluding hydrogens is 542 g/mol. The van der Waals surface area contributed by atoms with Crippen molar-refractivity contribution in [2.24, 2.45) is 5.92 Å². The largest absolute Gasteiger partial charge is 0.490 e. The van der Waals surface area contributed by atoms with Gasteiger partial charge in [-0.05, 0) is 50.2 Å². The van der Waals surface area contributed by atoms with Gasteiger partial charge in [-0.2, -0.15) is 26.3 Å². The molecule has 1 aromatic heterocycles. The fourth-order valence-corrected chi connectivity index (χ4v) is 4.38. The molecule has 3 aliphatic rings. The van der Waals surface area contributed by atoms with Crippen LogP contribution in [0.5, 0.6) is 0 Å². The number of likely N-dealkylation sites (tertiary alicyclic amines) is 1. The van der Waals surface area contributed by atoms with Crippen LogP contribution in [0.2, 0.25) is 0 Å². The van der Waals surface area contributed by atoms with Crippen LogP contribution in [0.1, 0.15) is 37.8 Å². The summed E-state index contributed by atoms with van der Waals surface area (Å²) >= 11 is 0. The second kappa shape index (κ2) is 15.3. The summed E-state index contributed by atoms with van der Waals surface area (Å²) in [4.78, 5) is 24.8. The molecule has 3 fully saturated rings. The standard InChI is InChI=1S/C20H30N2O3.2C2HF3O2/c1-2-9-21-17(3-1)13-22-10-6-20-19(22)5-4-18(25-20)15-24-14-16-7-11-23-12-8-16;2*3-2(4,5)1(6)7/h1-3,9,16,18-20H,4-8,10-15H2;2*(H,6,7)/t18-,19-,20-;;/m1../s1. The number of carboxylic acids is 2. The highest BCUT2D eigenvalue weighted by Gasteiger charge is 2.40. The van der Waals surface area contributed by atoms with Crippen LogP contribution in [0.3, 0.4) is 0 Å². The number of carboxylic acid groups (broad SMARTS) is 2. The van der Waals surface area contributed by atoms with Crippen molar-refractivity contribution in [1.82, 2.24) is 9.88 Å². The lowest BCUT2D eigenvalue weighted by Crippen LogP contribution is -2.43. The molecule has 39 heavy (non-hydrogen) atoms. The third kappa shape index (κ3) is 12.1. The van der Waals surface area contributed by atoms with Gasteiger partial charge in [0.25, 0.3) is 0 Å². The Morgan fingerprint density at radius 1 is 0.949 bits per heavy atom. The lowest BCUT2D eigenvalue weighted by molar-refractivity contribution is -0.193. The number of halogens is 6. The van der Waals surface area contributed by atoms with E-state index in [0.29, 0.717) is 18.1 Å². The van der Waals surface area contributed by atoms with E-state index < -0.39 is 24.3 Å². The van der Waals surface area contributed by atoms with E-state index in [9.17, 15) is 26.3 Å². The van der Waals surface area contributed by atoms with E-state index in [0.717, 1.165) is 70.9 Å². The van der Waals surface area contributed by atoms with Crippen molar-refractivity contribution in [1.29, 1.82) is 0 Å². The molecule has 0 amide bonds. The van der Waals surface area contributed by atoms with Gasteiger partial charge in [-0.3, -0.25) is 9.88 Å². The first-order valence-corrected chi connectivity index (χ1v) is 12.3. The summed E-state index contributed by atoms with van der Waals surface area (Å²) < 4.78 is 81.2. The zero-order valence-corrected chi connectivity index (χ0v) is 21.0. The first kappa shape index (κ1) is 32.7. The Balaban J connectivity index is 0.000000317. The normalized spacial score (nSPS) is 24.0. The number of hydrogen-bond acceptors (Lipinski definition) is 7. The quantitative estimate of drug-likeness (QED) is 0.488. The highest BCUT2D eigenvalue weighted by atomic mass is 19.4. The second-order valence-corrected chi connectivity index (χ2v) is 9.22. The smallest absolute Gasteiger partial charge is 0.475 e. The van der Waals surface area contributed by atoms with Gasteiger partial charge in [0.2, 0.25) is 0 Å². The number of pyridine rings is 1. The molecule has 222 valence electrons. The van der Waals surface area contributed by atoms with Gasteiger partial charge < -0.3 is 24.4 Å². The minimum Gasteiger partial charge on any atom is -0.475 e. The maximum Gasteiger partial charge on any atom is 0.490 e. The molecule has 0 aromatic carbocycles. The third-order valence-corrected chi connectivity index (χ3v) is 6.33. The van der Waals surface area contributed by atoms with E-state index in [1.165, 1.54) is 6.42 Å². The third-order valence-electron chi connectivity index (χ3n) is 6.33. The van der Waals surface area contributed by atoms with Crippen molar-refractivity contribution < 1.29 is 60.4 Å². The predicted octanol–water partition coefficient (Wildman–Crippen LogP) is 3.91. The van der Waals surface area contributed by atoms with Gasteiger partial charge in [0.15, 0.2) is 0 Å². The topological polar surface area (TPSA) is 118 Å². The maximum absolute atomic E-state index is 10.6. The Hall–Kier alpha value is -2.49. The zero-order valence-electron chi connectivity index (χ0n) is 21.0. The molecule has 2 N–H and O–H groups in total. The number of alkyl halides is 6. The molecule has 9 nitrogen and oxygen atoms in total. The van der Waals surface area contributed by atoms with Crippen molar-refractivity contribution in [3.8, 4) is 0 Å². The van der Waals surface area contributed by atoms with Crippen LogP contribution in [-0.2, 0) is 30.3 Å². The number of aliphatic carboxylic acids is 2. The van der Waals surface area contributed by atoms with Crippen LogP contribution < -0.4 is 0 Å². The Morgan fingerprint density at radius 2 is 1.56 bits per heavy atom. The molecule has 4 rings (SSSR count). The van der Waals surface area contributed by atoms with Gasteiger partial charge in [0.1, 0.15) is 0 Å². The first-order chi connectivity index (χ1) is 18.3. The van der Waals surface area contributed by atoms with E-state index in [-0.39, 0.29) is 6.10 Å². The number of hydrogen-bond donors (Lipinski definition) is 2. The summed E-state index contributed by atoms with van der Waals surface area (Å²) in [6.07, 6.45) is -1.92. The van der Waals surface area contributed by atoms with Crippen molar-refractivity contribution in [2.75, 3.05) is 33.0 Å². The Morgan fingerprint density at radius 3 is 2.10 bits per heavy atom.